The summed E-state index contributed by atoms with van der Waals surface area (Å²) >= 11 is 0. The van der Waals surface area contributed by atoms with Crippen LogP contribution in [0.25, 0.3) is 0 Å². The molecule has 2 nitrogen and oxygen atoms in total. The molecule has 0 N–H and O–H groups in total. The van der Waals surface area contributed by atoms with Gasteiger partial charge in [0.25, 0.3) is 0 Å². The molecule has 0 saturated carbocycles. The number of ether oxygens (including phenoxy) is 1. The maximum Gasteiger partial charge on any atom is 0.164 e. The Morgan fingerprint density at radius 3 is 2.40 bits per heavy atom. The normalized spacial score (nSPS) is 14.7. The fourth-order valence-electron chi connectivity index (χ4n) is 0.719. The molecule has 0 saturated heterocycles. The topological polar surface area (TPSA) is 18.5 Å². The summed E-state index contributed by atoms with van der Waals surface area (Å²) in [4.78, 5) is 0. The lowest BCUT2D eigenvalue weighted by Gasteiger charge is -2.15. The predicted molar refractivity (Wildman–Crippen MR) is 45.8 cm³/mol. The van der Waals surface area contributed by atoms with Gasteiger partial charge in [-0.2, -0.15) is 0 Å². The second kappa shape index (κ2) is 7.25. The van der Waals surface area contributed by atoms with E-state index in [4.69, 9.17) is 9.16 Å². The summed E-state index contributed by atoms with van der Waals surface area (Å²) in [5.41, 5.74) is 0. The minimum atomic E-state index is -0.282. The van der Waals surface area contributed by atoms with Crippen LogP contribution in [-0.4, -0.2) is 22.7 Å². The van der Waals surface area contributed by atoms with Crippen LogP contribution in [0.1, 0.15) is 27.2 Å². The highest BCUT2D eigenvalue weighted by atomic mass is 28.2. The molecule has 0 rings (SSSR count). The summed E-state index contributed by atoms with van der Waals surface area (Å²) in [6.07, 6.45) is 1.05. The van der Waals surface area contributed by atoms with Crippen molar-refractivity contribution < 1.29 is 9.16 Å². The molecule has 0 aliphatic rings. The largest absolute Gasteiger partial charge is 0.400 e. The molecule has 0 aliphatic heterocycles. The lowest BCUT2D eigenvalue weighted by atomic mass is 10.5. The third-order valence-corrected chi connectivity index (χ3v) is 2.21. The molecule has 0 spiro atoms. The summed E-state index contributed by atoms with van der Waals surface area (Å²) in [5, 5.41) is 0. The number of hydrogen-bond donors (Lipinski definition) is 0. The quantitative estimate of drug-likeness (QED) is 0.433. The lowest BCUT2D eigenvalue weighted by molar-refractivity contribution is -0.0760. The van der Waals surface area contributed by atoms with Crippen LogP contribution in [0.3, 0.4) is 0 Å². The third-order valence-electron chi connectivity index (χ3n) is 1.19. The zero-order valence-electron chi connectivity index (χ0n) is 7.22. The van der Waals surface area contributed by atoms with Crippen molar-refractivity contribution in [3.63, 3.8) is 0 Å². The second-order valence-electron chi connectivity index (χ2n) is 2.16. The maximum absolute atomic E-state index is 5.50. The lowest BCUT2D eigenvalue weighted by Crippen LogP contribution is -2.17. The Hall–Kier alpha value is 0.137. The first-order valence-electron chi connectivity index (χ1n) is 4.08. The molecule has 0 heterocycles. The van der Waals surface area contributed by atoms with Crippen LogP contribution < -0.4 is 0 Å². The molecule has 0 bridgehead atoms. The van der Waals surface area contributed by atoms with Crippen LogP contribution in [0.2, 0.25) is 6.04 Å². The molecular weight excluding hydrogens is 144 g/mol. The molecule has 0 aromatic carbocycles. The smallest absolute Gasteiger partial charge is 0.164 e. The first-order valence-corrected chi connectivity index (χ1v) is 5.66. The van der Waals surface area contributed by atoms with Crippen molar-refractivity contribution in [3.05, 3.63) is 0 Å². The molecule has 10 heavy (non-hydrogen) atoms. The van der Waals surface area contributed by atoms with Crippen molar-refractivity contribution in [2.75, 3.05) is 6.61 Å². The zero-order valence-corrected chi connectivity index (χ0v) is 8.64. The third kappa shape index (κ3) is 4.96. The van der Waals surface area contributed by atoms with Crippen molar-refractivity contribution in [3.8, 4) is 0 Å². The van der Waals surface area contributed by atoms with Crippen LogP contribution in [0.15, 0.2) is 0 Å². The van der Waals surface area contributed by atoms with Crippen LogP contribution in [0.4, 0.5) is 0 Å². The van der Waals surface area contributed by atoms with Gasteiger partial charge in [-0.05, 0) is 19.4 Å². The molecule has 3 heteroatoms. The van der Waals surface area contributed by atoms with Crippen LogP contribution in [0, 0.1) is 0 Å². The summed E-state index contributed by atoms with van der Waals surface area (Å²) in [6, 6.07) is 1.20. The van der Waals surface area contributed by atoms with E-state index in [2.05, 4.69) is 13.8 Å². The highest BCUT2D eigenvalue weighted by molar-refractivity contribution is 6.26. The minimum absolute atomic E-state index is 0.0802. The average molecular weight is 162 g/mol. The number of rotatable bonds is 6. The van der Waals surface area contributed by atoms with Crippen molar-refractivity contribution in [2.45, 2.75) is 39.5 Å². The number of hydrogen-bond acceptors (Lipinski definition) is 2. The fourth-order valence-corrected chi connectivity index (χ4v) is 1.55. The van der Waals surface area contributed by atoms with Crippen LogP contribution in [-0.2, 0) is 9.16 Å². The Balaban J connectivity index is 3.21. The van der Waals surface area contributed by atoms with Crippen molar-refractivity contribution in [2.24, 2.45) is 0 Å². The molecule has 0 amide bonds. The van der Waals surface area contributed by atoms with E-state index >= 15 is 0 Å². The first-order chi connectivity index (χ1) is 4.85. The molecule has 62 valence electrons. The van der Waals surface area contributed by atoms with E-state index in [1.807, 2.05) is 6.92 Å². The van der Waals surface area contributed by atoms with E-state index in [0.29, 0.717) is 0 Å². The van der Waals surface area contributed by atoms with E-state index in [9.17, 15) is 0 Å². The molecule has 1 atom stereocenters. The Labute approximate surface area is 65.9 Å². The molecule has 1 unspecified atom stereocenters. The van der Waals surface area contributed by atoms with Gasteiger partial charge < -0.3 is 9.16 Å². The second-order valence-corrected chi connectivity index (χ2v) is 3.91. The van der Waals surface area contributed by atoms with Crippen molar-refractivity contribution in [1.29, 1.82) is 0 Å². The molecule has 0 aromatic heterocycles. The molecule has 0 aliphatic carbocycles. The van der Waals surface area contributed by atoms with Crippen molar-refractivity contribution in [1.82, 2.24) is 0 Å². The van der Waals surface area contributed by atoms with Crippen LogP contribution >= 0.6 is 0 Å². The Morgan fingerprint density at radius 2 is 2.00 bits per heavy atom. The minimum Gasteiger partial charge on any atom is -0.400 e. The first kappa shape index (κ1) is 10.1. The molecule has 0 aromatic rings. The van der Waals surface area contributed by atoms with Gasteiger partial charge in [-0.3, -0.25) is 0 Å². The van der Waals surface area contributed by atoms with E-state index in [1.54, 1.807) is 0 Å². The molecular formula is C7H18O2Si. The van der Waals surface area contributed by atoms with E-state index < -0.39 is 0 Å². The highest BCUT2D eigenvalue weighted by Gasteiger charge is 2.02. The van der Waals surface area contributed by atoms with Gasteiger partial charge in [0.1, 0.15) is 6.29 Å². The fraction of sp³-hybridized carbons (Fsp3) is 1.00. The van der Waals surface area contributed by atoms with Gasteiger partial charge in [-0.1, -0.05) is 13.8 Å². The maximum atomic E-state index is 5.50. The molecule has 0 fully saturated rings. The van der Waals surface area contributed by atoms with Gasteiger partial charge in [-0.15, -0.1) is 0 Å². The average Bonchev–Trinajstić information content (AvgIpc) is 1.98. The van der Waals surface area contributed by atoms with Gasteiger partial charge in [-0.25, -0.2) is 0 Å². The standard InChI is InChI=1S/C7H18O2Si/c1-4-7(8-5-2)9-10-6-3/h7H,4-6,10H2,1-3H3. The summed E-state index contributed by atoms with van der Waals surface area (Å²) in [6.45, 7) is 7.01. The highest BCUT2D eigenvalue weighted by Crippen LogP contribution is 1.98. The van der Waals surface area contributed by atoms with E-state index in [-0.39, 0.29) is 16.1 Å². The summed E-state index contributed by atoms with van der Waals surface area (Å²) in [7, 11) is -0.282. The Kier molecular flexibility index (Phi) is 7.35. The van der Waals surface area contributed by atoms with Crippen LogP contribution in [0.5, 0.6) is 0 Å². The monoisotopic (exact) mass is 162 g/mol. The van der Waals surface area contributed by atoms with Gasteiger partial charge in [0.15, 0.2) is 9.76 Å². The van der Waals surface area contributed by atoms with E-state index in [1.165, 1.54) is 6.04 Å². The zero-order chi connectivity index (χ0) is 7.82. The summed E-state index contributed by atoms with van der Waals surface area (Å²) in [5.74, 6) is 0. The van der Waals surface area contributed by atoms with Gasteiger partial charge in [0.05, 0.1) is 0 Å². The summed E-state index contributed by atoms with van der Waals surface area (Å²) < 4.78 is 10.8. The SMILES string of the molecule is CCOC(CC)O[SiH2]CC. The van der Waals surface area contributed by atoms with Gasteiger partial charge >= 0.3 is 0 Å². The Bertz CT molecular complexity index is 68.6. The predicted octanol–water partition coefficient (Wildman–Crippen LogP) is 1.30. The van der Waals surface area contributed by atoms with Gasteiger partial charge in [0.2, 0.25) is 0 Å². The van der Waals surface area contributed by atoms with Crippen molar-refractivity contribution >= 4 is 9.76 Å². The molecule has 0 radical (unpaired) electrons. The van der Waals surface area contributed by atoms with E-state index in [0.717, 1.165) is 13.0 Å². The van der Waals surface area contributed by atoms with Gasteiger partial charge in [0, 0.05) is 6.61 Å². The Morgan fingerprint density at radius 1 is 1.30 bits per heavy atom.